The van der Waals surface area contributed by atoms with Crippen molar-refractivity contribution in [1.29, 1.82) is 0 Å². The van der Waals surface area contributed by atoms with Crippen LogP contribution >= 0.6 is 0 Å². The van der Waals surface area contributed by atoms with Crippen LogP contribution in [0.5, 0.6) is 0 Å². The average Bonchev–Trinajstić information content (AvgIpc) is 2.15. The van der Waals surface area contributed by atoms with E-state index in [1.54, 1.807) is 0 Å². The van der Waals surface area contributed by atoms with Gasteiger partial charge >= 0.3 is 0 Å². The largest absolute Gasteiger partial charge is 0.374 e. The molecule has 0 aromatic rings. The minimum Gasteiger partial charge on any atom is -0.374 e. The van der Waals surface area contributed by atoms with Crippen LogP contribution in [0, 0.1) is 0 Å². The number of sulfone groups is 1. The summed E-state index contributed by atoms with van der Waals surface area (Å²) in [5.41, 5.74) is 1.09. The predicted octanol–water partition coefficient (Wildman–Crippen LogP) is 2.23. The standard InChI is InChI=1S/C11H23NO2SSi/c1-7-12(8-2)10-9(3)15(13,14)11(10)16(4,5)6/h9H,7-8H2,1-6H3. The van der Waals surface area contributed by atoms with E-state index in [0.29, 0.717) is 0 Å². The van der Waals surface area contributed by atoms with Gasteiger partial charge in [0.2, 0.25) is 0 Å². The van der Waals surface area contributed by atoms with E-state index in [0.717, 1.165) is 23.3 Å². The van der Waals surface area contributed by atoms with Gasteiger partial charge in [-0.25, -0.2) is 8.42 Å². The fraction of sp³-hybridized carbons (Fsp3) is 0.818. The first-order valence-electron chi connectivity index (χ1n) is 5.91. The van der Waals surface area contributed by atoms with Crippen molar-refractivity contribution in [2.45, 2.75) is 45.7 Å². The smallest absolute Gasteiger partial charge is 0.180 e. The second-order valence-electron chi connectivity index (χ2n) is 5.32. The van der Waals surface area contributed by atoms with Gasteiger partial charge < -0.3 is 4.90 Å². The van der Waals surface area contributed by atoms with Crippen LogP contribution in [0.1, 0.15) is 20.8 Å². The van der Waals surface area contributed by atoms with Crippen molar-refractivity contribution in [1.82, 2.24) is 4.90 Å². The number of rotatable bonds is 4. The fourth-order valence-corrected chi connectivity index (χ4v) is 8.89. The molecule has 0 spiro atoms. The molecule has 0 amide bonds. The van der Waals surface area contributed by atoms with Crippen molar-refractivity contribution < 1.29 is 8.42 Å². The molecule has 0 aromatic carbocycles. The zero-order chi connectivity index (χ0) is 12.7. The van der Waals surface area contributed by atoms with Crippen LogP contribution in [0.25, 0.3) is 0 Å². The Kier molecular flexibility index (Phi) is 3.60. The van der Waals surface area contributed by atoms with Gasteiger partial charge in [-0.15, -0.1) is 0 Å². The Balaban J connectivity index is 3.32. The molecular formula is C11H23NO2SSi. The third-order valence-electron chi connectivity index (χ3n) is 3.15. The van der Waals surface area contributed by atoms with Crippen LogP contribution < -0.4 is 0 Å². The van der Waals surface area contributed by atoms with Crippen LogP contribution in [-0.2, 0) is 9.84 Å². The van der Waals surface area contributed by atoms with E-state index in [-0.39, 0.29) is 5.25 Å². The maximum absolute atomic E-state index is 12.1. The lowest BCUT2D eigenvalue weighted by Gasteiger charge is -2.42. The molecule has 1 atom stereocenters. The summed E-state index contributed by atoms with van der Waals surface area (Å²) >= 11 is 0. The van der Waals surface area contributed by atoms with E-state index >= 15 is 0 Å². The summed E-state index contributed by atoms with van der Waals surface area (Å²) in [6, 6.07) is 0. The minimum absolute atomic E-state index is 0.297. The summed E-state index contributed by atoms with van der Waals surface area (Å²) in [6.45, 7) is 14.1. The zero-order valence-corrected chi connectivity index (χ0v) is 13.0. The summed E-state index contributed by atoms with van der Waals surface area (Å²) in [7, 11) is -4.73. The Labute approximate surface area is 100 Å². The van der Waals surface area contributed by atoms with Gasteiger partial charge in [0.1, 0.15) is 5.25 Å². The highest BCUT2D eigenvalue weighted by molar-refractivity contribution is 8.00. The van der Waals surface area contributed by atoms with E-state index in [2.05, 4.69) is 38.4 Å². The molecule has 1 aliphatic rings. The third kappa shape index (κ3) is 1.95. The molecule has 16 heavy (non-hydrogen) atoms. The topological polar surface area (TPSA) is 37.4 Å². The number of nitrogens with zero attached hydrogens (tertiary/aromatic N) is 1. The van der Waals surface area contributed by atoms with Crippen LogP contribution in [0.4, 0.5) is 0 Å². The molecule has 94 valence electrons. The summed E-state index contributed by atoms with van der Waals surface area (Å²) in [6.07, 6.45) is 0. The Hall–Kier alpha value is -0.293. The highest BCUT2D eigenvalue weighted by Crippen LogP contribution is 2.41. The molecule has 1 aliphatic heterocycles. The van der Waals surface area contributed by atoms with E-state index < -0.39 is 17.9 Å². The van der Waals surface area contributed by atoms with Gasteiger partial charge in [-0.05, 0) is 20.8 Å². The van der Waals surface area contributed by atoms with E-state index in [1.807, 2.05) is 6.92 Å². The maximum Gasteiger partial charge on any atom is 0.180 e. The second-order valence-corrected chi connectivity index (χ2v) is 12.9. The Morgan fingerprint density at radius 2 is 1.62 bits per heavy atom. The maximum atomic E-state index is 12.1. The predicted molar refractivity (Wildman–Crippen MR) is 71.7 cm³/mol. The van der Waals surface area contributed by atoms with Gasteiger partial charge in [-0.2, -0.15) is 0 Å². The first-order valence-corrected chi connectivity index (χ1v) is 11.0. The quantitative estimate of drug-likeness (QED) is 0.728. The van der Waals surface area contributed by atoms with Gasteiger partial charge in [0.15, 0.2) is 9.84 Å². The molecule has 0 bridgehead atoms. The van der Waals surface area contributed by atoms with Gasteiger partial charge in [0, 0.05) is 23.3 Å². The molecule has 0 fully saturated rings. The molecule has 3 nitrogen and oxygen atoms in total. The first-order chi connectivity index (χ1) is 7.17. The minimum atomic E-state index is -2.97. The SMILES string of the molecule is CCN(CC)C1=C([Si](C)(C)C)S(=O)(=O)C1C. The molecule has 0 saturated carbocycles. The summed E-state index contributed by atoms with van der Waals surface area (Å²) in [5.74, 6) is 0. The van der Waals surface area contributed by atoms with Crippen molar-refractivity contribution in [3.05, 3.63) is 10.2 Å². The molecule has 1 unspecified atom stereocenters. The van der Waals surface area contributed by atoms with Crippen molar-refractivity contribution in [2.75, 3.05) is 13.1 Å². The Morgan fingerprint density at radius 1 is 1.19 bits per heavy atom. The van der Waals surface area contributed by atoms with Crippen molar-refractivity contribution in [2.24, 2.45) is 0 Å². The highest BCUT2D eigenvalue weighted by Gasteiger charge is 2.49. The lowest BCUT2D eigenvalue weighted by Crippen LogP contribution is -2.50. The van der Waals surface area contributed by atoms with Gasteiger partial charge in [0.05, 0.1) is 8.07 Å². The van der Waals surface area contributed by atoms with Crippen molar-refractivity contribution >= 4 is 17.9 Å². The second kappa shape index (κ2) is 4.18. The fourth-order valence-electron chi connectivity index (χ4n) is 2.37. The zero-order valence-electron chi connectivity index (χ0n) is 11.2. The average molecular weight is 261 g/mol. The molecular weight excluding hydrogens is 238 g/mol. The van der Waals surface area contributed by atoms with E-state index in [4.69, 9.17) is 0 Å². The lowest BCUT2D eigenvalue weighted by molar-refractivity contribution is 0.364. The summed E-state index contributed by atoms with van der Waals surface area (Å²) in [4.78, 5) is 2.19. The monoisotopic (exact) mass is 261 g/mol. The van der Waals surface area contributed by atoms with Crippen molar-refractivity contribution in [3.8, 4) is 0 Å². The van der Waals surface area contributed by atoms with Crippen LogP contribution in [-0.4, -0.2) is 39.7 Å². The third-order valence-corrected chi connectivity index (χ3v) is 9.39. The molecule has 1 heterocycles. The van der Waals surface area contributed by atoms with Crippen LogP contribution in [0.15, 0.2) is 10.2 Å². The number of hydrogen-bond donors (Lipinski definition) is 0. The van der Waals surface area contributed by atoms with Crippen molar-refractivity contribution in [3.63, 3.8) is 0 Å². The lowest BCUT2D eigenvalue weighted by atomic mass is 10.3. The van der Waals surface area contributed by atoms with Crippen LogP contribution in [0.2, 0.25) is 19.6 Å². The van der Waals surface area contributed by atoms with Gasteiger partial charge in [-0.3, -0.25) is 0 Å². The molecule has 0 saturated heterocycles. The number of hydrogen-bond acceptors (Lipinski definition) is 3. The molecule has 1 rings (SSSR count). The van der Waals surface area contributed by atoms with Crippen LogP contribution in [0.3, 0.4) is 0 Å². The molecule has 0 aliphatic carbocycles. The van der Waals surface area contributed by atoms with Gasteiger partial charge in [0.25, 0.3) is 0 Å². The summed E-state index contributed by atoms with van der Waals surface area (Å²) in [5, 5.41) is -0.297. The summed E-state index contributed by atoms with van der Waals surface area (Å²) < 4.78 is 25.0. The Bertz CT molecular complexity index is 402. The first kappa shape index (κ1) is 13.8. The Morgan fingerprint density at radius 3 is 1.94 bits per heavy atom. The van der Waals surface area contributed by atoms with E-state index in [9.17, 15) is 8.42 Å². The normalized spacial score (nSPS) is 24.2. The highest BCUT2D eigenvalue weighted by atomic mass is 32.2. The molecule has 0 aromatic heterocycles. The van der Waals surface area contributed by atoms with E-state index in [1.165, 1.54) is 0 Å². The molecule has 5 heteroatoms. The van der Waals surface area contributed by atoms with Gasteiger partial charge in [-0.1, -0.05) is 19.6 Å². The molecule has 0 N–H and O–H groups in total. The molecule has 0 radical (unpaired) electrons.